The van der Waals surface area contributed by atoms with Crippen LogP contribution in [0.25, 0.3) is 10.1 Å². The van der Waals surface area contributed by atoms with Gasteiger partial charge < -0.3 is 4.74 Å². The number of aldehydes is 1. The van der Waals surface area contributed by atoms with Gasteiger partial charge in [0.1, 0.15) is 11.6 Å². The van der Waals surface area contributed by atoms with Gasteiger partial charge in [0.15, 0.2) is 6.29 Å². The number of fused-ring (bicyclic) bond motifs is 1. The standard InChI is InChI=1S/C10H7FO2S/c1-13-9-4-7(11)2-6-3-8(5-12)14-10(6)9/h2-5H,1H3. The smallest absolute Gasteiger partial charge is 0.160 e. The Balaban J connectivity index is 2.77. The Labute approximate surface area is 83.9 Å². The largest absolute Gasteiger partial charge is 0.495 e. The average Bonchev–Trinajstić information content (AvgIpc) is 2.59. The molecule has 2 rings (SSSR count). The van der Waals surface area contributed by atoms with E-state index in [0.717, 1.165) is 11.0 Å². The van der Waals surface area contributed by atoms with E-state index in [2.05, 4.69) is 0 Å². The summed E-state index contributed by atoms with van der Waals surface area (Å²) in [7, 11) is 1.48. The van der Waals surface area contributed by atoms with Gasteiger partial charge in [-0.1, -0.05) is 0 Å². The minimum Gasteiger partial charge on any atom is -0.495 e. The molecule has 0 spiro atoms. The quantitative estimate of drug-likeness (QED) is 0.712. The molecule has 0 aliphatic carbocycles. The van der Waals surface area contributed by atoms with Crippen LogP contribution < -0.4 is 4.74 Å². The van der Waals surface area contributed by atoms with Crippen molar-refractivity contribution in [2.75, 3.05) is 7.11 Å². The summed E-state index contributed by atoms with van der Waals surface area (Å²) in [4.78, 5) is 11.1. The van der Waals surface area contributed by atoms with Crippen molar-refractivity contribution in [1.29, 1.82) is 0 Å². The Kier molecular flexibility index (Phi) is 2.21. The van der Waals surface area contributed by atoms with Crippen LogP contribution in [0.1, 0.15) is 9.67 Å². The molecule has 1 aromatic heterocycles. The highest BCUT2D eigenvalue weighted by atomic mass is 32.1. The maximum atomic E-state index is 13.0. The van der Waals surface area contributed by atoms with Crippen LogP contribution in [0.5, 0.6) is 5.75 Å². The second kappa shape index (κ2) is 3.38. The summed E-state index contributed by atoms with van der Waals surface area (Å²) in [6.45, 7) is 0. The van der Waals surface area contributed by atoms with Crippen molar-refractivity contribution in [1.82, 2.24) is 0 Å². The summed E-state index contributed by atoms with van der Waals surface area (Å²) in [6.07, 6.45) is 0.752. The van der Waals surface area contributed by atoms with Crippen molar-refractivity contribution in [2.45, 2.75) is 0 Å². The second-order valence-corrected chi connectivity index (χ2v) is 3.88. The molecule has 0 aliphatic heterocycles. The van der Waals surface area contributed by atoms with Gasteiger partial charge in [-0.2, -0.15) is 0 Å². The van der Waals surface area contributed by atoms with Crippen molar-refractivity contribution < 1.29 is 13.9 Å². The fourth-order valence-electron chi connectivity index (χ4n) is 1.32. The third-order valence-electron chi connectivity index (χ3n) is 1.90. The summed E-state index contributed by atoms with van der Waals surface area (Å²) in [5.74, 6) is 0.114. The third kappa shape index (κ3) is 1.37. The lowest BCUT2D eigenvalue weighted by molar-refractivity contribution is 0.112. The zero-order valence-corrected chi connectivity index (χ0v) is 8.23. The van der Waals surface area contributed by atoms with E-state index in [-0.39, 0.29) is 5.82 Å². The first kappa shape index (κ1) is 9.15. The topological polar surface area (TPSA) is 26.3 Å². The number of methoxy groups -OCH3 is 1. The fraction of sp³-hybridized carbons (Fsp3) is 0.100. The van der Waals surface area contributed by atoms with Crippen LogP contribution in [0, 0.1) is 5.82 Å². The maximum Gasteiger partial charge on any atom is 0.160 e. The van der Waals surface area contributed by atoms with Crippen LogP contribution in [0.15, 0.2) is 18.2 Å². The first-order chi connectivity index (χ1) is 6.74. The Morgan fingerprint density at radius 2 is 2.21 bits per heavy atom. The van der Waals surface area contributed by atoms with Crippen molar-refractivity contribution in [3.05, 3.63) is 28.9 Å². The molecule has 0 fully saturated rings. The first-order valence-corrected chi connectivity index (χ1v) is 4.78. The van der Waals surface area contributed by atoms with Gasteiger partial charge in [0.2, 0.25) is 0 Å². The molecule has 14 heavy (non-hydrogen) atoms. The number of rotatable bonds is 2. The molecule has 72 valence electrons. The number of carbonyl (C=O) groups excluding carboxylic acids is 1. The predicted octanol–water partition coefficient (Wildman–Crippen LogP) is 2.86. The van der Waals surface area contributed by atoms with Crippen LogP contribution >= 0.6 is 11.3 Å². The van der Waals surface area contributed by atoms with Crippen molar-refractivity contribution >= 4 is 27.7 Å². The molecule has 2 aromatic rings. The lowest BCUT2D eigenvalue weighted by Crippen LogP contribution is -1.83. The molecular weight excluding hydrogens is 203 g/mol. The van der Waals surface area contributed by atoms with E-state index in [4.69, 9.17) is 4.74 Å². The highest BCUT2D eigenvalue weighted by molar-refractivity contribution is 7.20. The monoisotopic (exact) mass is 210 g/mol. The van der Waals surface area contributed by atoms with Crippen LogP contribution in [-0.4, -0.2) is 13.4 Å². The molecule has 1 heterocycles. The number of hydrogen-bond acceptors (Lipinski definition) is 3. The molecule has 0 radical (unpaired) electrons. The van der Waals surface area contributed by atoms with Gasteiger partial charge in [-0.05, 0) is 17.5 Å². The van der Waals surface area contributed by atoms with Crippen molar-refractivity contribution in [2.24, 2.45) is 0 Å². The Morgan fingerprint density at radius 3 is 2.86 bits per heavy atom. The summed E-state index contributed by atoms with van der Waals surface area (Å²) >= 11 is 1.30. The van der Waals surface area contributed by atoms with E-state index < -0.39 is 0 Å². The van der Waals surface area contributed by atoms with Gasteiger partial charge in [-0.25, -0.2) is 4.39 Å². The van der Waals surface area contributed by atoms with Gasteiger partial charge in [0.05, 0.1) is 16.7 Å². The number of hydrogen-bond donors (Lipinski definition) is 0. The Hall–Kier alpha value is -1.42. The average molecular weight is 210 g/mol. The zero-order valence-electron chi connectivity index (χ0n) is 7.41. The highest BCUT2D eigenvalue weighted by Crippen LogP contribution is 2.33. The van der Waals surface area contributed by atoms with Crippen LogP contribution in [0.4, 0.5) is 4.39 Å². The highest BCUT2D eigenvalue weighted by Gasteiger charge is 2.08. The van der Waals surface area contributed by atoms with Crippen molar-refractivity contribution in [3.8, 4) is 5.75 Å². The number of carbonyl (C=O) groups is 1. The van der Waals surface area contributed by atoms with Gasteiger partial charge in [-0.3, -0.25) is 4.79 Å². The number of halogens is 1. The second-order valence-electron chi connectivity index (χ2n) is 2.79. The number of benzene rings is 1. The van der Waals surface area contributed by atoms with Gasteiger partial charge in [0.25, 0.3) is 0 Å². The molecule has 0 saturated heterocycles. The molecule has 0 aliphatic rings. The van der Waals surface area contributed by atoms with E-state index in [1.807, 2.05) is 0 Å². The van der Waals surface area contributed by atoms with Crippen LogP contribution in [0.2, 0.25) is 0 Å². The molecule has 0 atom stereocenters. The van der Waals surface area contributed by atoms with Gasteiger partial charge in [0, 0.05) is 6.07 Å². The van der Waals surface area contributed by atoms with E-state index >= 15 is 0 Å². The molecule has 0 amide bonds. The molecule has 0 unspecified atom stereocenters. The molecule has 1 aromatic carbocycles. The normalized spacial score (nSPS) is 10.4. The summed E-state index contributed by atoms with van der Waals surface area (Å²) < 4.78 is 18.9. The van der Waals surface area contributed by atoms with Gasteiger partial charge >= 0.3 is 0 Å². The molecule has 0 saturated carbocycles. The fourth-order valence-corrected chi connectivity index (χ4v) is 2.26. The molecular formula is C10H7FO2S. The number of ether oxygens (including phenoxy) is 1. The Morgan fingerprint density at radius 1 is 1.43 bits per heavy atom. The number of thiophene rings is 1. The maximum absolute atomic E-state index is 13.0. The van der Waals surface area contributed by atoms with Crippen LogP contribution in [-0.2, 0) is 0 Å². The minimum atomic E-state index is -0.357. The summed E-state index contributed by atoms with van der Waals surface area (Å²) in [6, 6.07) is 4.35. The first-order valence-electron chi connectivity index (χ1n) is 3.97. The molecule has 2 nitrogen and oxygen atoms in total. The lowest BCUT2D eigenvalue weighted by atomic mass is 10.2. The molecule has 0 N–H and O–H groups in total. The third-order valence-corrected chi connectivity index (χ3v) is 2.99. The van der Waals surface area contributed by atoms with E-state index in [1.54, 1.807) is 6.07 Å². The zero-order chi connectivity index (χ0) is 10.1. The van der Waals surface area contributed by atoms with E-state index in [0.29, 0.717) is 16.0 Å². The van der Waals surface area contributed by atoms with Crippen LogP contribution in [0.3, 0.4) is 0 Å². The summed E-state index contributed by atoms with van der Waals surface area (Å²) in [5, 5.41) is 0.703. The van der Waals surface area contributed by atoms with Crippen molar-refractivity contribution in [3.63, 3.8) is 0 Å². The SMILES string of the molecule is COc1cc(F)cc2cc(C=O)sc12. The predicted molar refractivity (Wildman–Crippen MR) is 53.7 cm³/mol. The minimum absolute atomic E-state index is 0.357. The molecule has 4 heteroatoms. The molecule has 0 bridgehead atoms. The van der Waals surface area contributed by atoms with E-state index in [9.17, 15) is 9.18 Å². The van der Waals surface area contributed by atoms with Gasteiger partial charge in [-0.15, -0.1) is 11.3 Å². The van der Waals surface area contributed by atoms with E-state index in [1.165, 1.54) is 30.6 Å². The summed E-state index contributed by atoms with van der Waals surface area (Å²) in [5.41, 5.74) is 0. The Bertz CT molecular complexity index is 490. The lowest BCUT2D eigenvalue weighted by Gasteiger charge is -2.00.